The summed E-state index contributed by atoms with van der Waals surface area (Å²) in [5.41, 5.74) is 0.213. The minimum absolute atomic E-state index is 0.213. The third-order valence-electron chi connectivity index (χ3n) is 2.74. The van der Waals surface area contributed by atoms with E-state index in [1.807, 2.05) is 13.0 Å². The van der Waals surface area contributed by atoms with Gasteiger partial charge < -0.3 is 9.73 Å². The molecule has 0 saturated carbocycles. The predicted octanol–water partition coefficient (Wildman–Crippen LogP) is 2.05. The van der Waals surface area contributed by atoms with Crippen LogP contribution in [0.25, 0.3) is 0 Å². The second-order valence-electron chi connectivity index (χ2n) is 4.10. The highest BCUT2D eigenvalue weighted by Crippen LogP contribution is 2.35. The van der Waals surface area contributed by atoms with E-state index in [1.165, 1.54) is 0 Å². The van der Waals surface area contributed by atoms with Gasteiger partial charge in [-0.05, 0) is 32.9 Å². The summed E-state index contributed by atoms with van der Waals surface area (Å²) in [6.45, 7) is 7.45. The largest absolute Gasteiger partial charge is 0.466 e. The van der Waals surface area contributed by atoms with Crippen molar-refractivity contribution in [3.63, 3.8) is 0 Å². The lowest BCUT2D eigenvalue weighted by atomic mass is 9.78. The Bertz CT molecular complexity index is 288. The van der Waals surface area contributed by atoms with Crippen LogP contribution in [-0.2, 0) is 0 Å². The van der Waals surface area contributed by atoms with Crippen LogP contribution in [0.15, 0.2) is 16.5 Å². The van der Waals surface area contributed by atoms with Gasteiger partial charge in [0.1, 0.15) is 11.5 Å². The molecular formula is C10H15NO. The first-order chi connectivity index (χ1) is 5.59. The van der Waals surface area contributed by atoms with Crippen molar-refractivity contribution in [2.45, 2.75) is 32.2 Å². The molecule has 1 saturated heterocycles. The van der Waals surface area contributed by atoms with Crippen molar-refractivity contribution in [1.29, 1.82) is 0 Å². The maximum atomic E-state index is 5.58. The third-order valence-corrected chi connectivity index (χ3v) is 2.74. The number of hydrogen-bond donors (Lipinski definition) is 1. The Morgan fingerprint density at radius 2 is 2.25 bits per heavy atom. The van der Waals surface area contributed by atoms with Crippen molar-refractivity contribution in [2.24, 2.45) is 0 Å². The first kappa shape index (κ1) is 7.87. The van der Waals surface area contributed by atoms with E-state index in [0.29, 0.717) is 5.92 Å². The molecule has 1 N–H and O–H groups in total. The van der Waals surface area contributed by atoms with Crippen molar-refractivity contribution in [3.8, 4) is 0 Å². The second-order valence-corrected chi connectivity index (χ2v) is 4.10. The minimum Gasteiger partial charge on any atom is -0.466 e. The van der Waals surface area contributed by atoms with E-state index >= 15 is 0 Å². The van der Waals surface area contributed by atoms with E-state index in [2.05, 4.69) is 25.2 Å². The molecule has 1 aromatic heterocycles. The molecule has 1 atom stereocenters. The van der Waals surface area contributed by atoms with Gasteiger partial charge in [-0.1, -0.05) is 0 Å². The standard InChI is InChI=1S/C10H15NO/c1-7-4-5-9(12-7)8-6-11-10(8,2)3/h4-5,8,11H,6H2,1-3H3. The molecule has 66 valence electrons. The number of rotatable bonds is 1. The van der Waals surface area contributed by atoms with Gasteiger partial charge in [0.2, 0.25) is 0 Å². The number of hydrogen-bond acceptors (Lipinski definition) is 2. The van der Waals surface area contributed by atoms with Gasteiger partial charge >= 0.3 is 0 Å². The van der Waals surface area contributed by atoms with Gasteiger partial charge in [0.25, 0.3) is 0 Å². The van der Waals surface area contributed by atoms with Crippen molar-refractivity contribution in [3.05, 3.63) is 23.7 Å². The lowest BCUT2D eigenvalue weighted by molar-refractivity contribution is 0.182. The third kappa shape index (κ3) is 1.07. The molecule has 1 aromatic rings. The zero-order valence-corrected chi connectivity index (χ0v) is 7.85. The predicted molar refractivity (Wildman–Crippen MR) is 48.3 cm³/mol. The molecule has 2 rings (SSSR count). The van der Waals surface area contributed by atoms with Gasteiger partial charge in [0, 0.05) is 18.0 Å². The van der Waals surface area contributed by atoms with Gasteiger partial charge in [0.05, 0.1) is 0 Å². The van der Waals surface area contributed by atoms with Gasteiger partial charge in [-0.3, -0.25) is 0 Å². The Morgan fingerprint density at radius 1 is 1.50 bits per heavy atom. The number of aryl methyl sites for hydroxylation is 1. The van der Waals surface area contributed by atoms with Gasteiger partial charge in [-0.2, -0.15) is 0 Å². The Balaban J connectivity index is 2.21. The topological polar surface area (TPSA) is 25.2 Å². The number of nitrogens with one attached hydrogen (secondary N) is 1. The maximum absolute atomic E-state index is 5.58. The molecule has 0 bridgehead atoms. The van der Waals surface area contributed by atoms with Crippen LogP contribution in [0.3, 0.4) is 0 Å². The fraction of sp³-hybridized carbons (Fsp3) is 0.600. The molecule has 1 aliphatic heterocycles. The summed E-state index contributed by atoms with van der Waals surface area (Å²) in [5, 5.41) is 3.38. The van der Waals surface area contributed by atoms with Crippen LogP contribution in [-0.4, -0.2) is 12.1 Å². The molecular weight excluding hydrogens is 150 g/mol. The minimum atomic E-state index is 0.213. The van der Waals surface area contributed by atoms with E-state index in [0.717, 1.165) is 18.1 Å². The van der Waals surface area contributed by atoms with Gasteiger partial charge in [-0.25, -0.2) is 0 Å². The highest BCUT2D eigenvalue weighted by molar-refractivity contribution is 5.20. The van der Waals surface area contributed by atoms with Crippen LogP contribution in [0.5, 0.6) is 0 Å². The highest BCUT2D eigenvalue weighted by atomic mass is 16.3. The van der Waals surface area contributed by atoms with Crippen molar-refractivity contribution < 1.29 is 4.42 Å². The van der Waals surface area contributed by atoms with E-state index in [-0.39, 0.29) is 5.54 Å². The summed E-state index contributed by atoms with van der Waals surface area (Å²) >= 11 is 0. The molecule has 0 amide bonds. The lowest BCUT2D eigenvalue weighted by Gasteiger charge is -2.44. The molecule has 0 spiro atoms. The Hall–Kier alpha value is -0.760. The van der Waals surface area contributed by atoms with Gasteiger partial charge in [-0.15, -0.1) is 0 Å². The summed E-state index contributed by atoms with van der Waals surface area (Å²) < 4.78 is 5.58. The maximum Gasteiger partial charge on any atom is 0.110 e. The summed E-state index contributed by atoms with van der Waals surface area (Å²) in [7, 11) is 0. The Labute approximate surface area is 73.0 Å². The molecule has 0 aliphatic carbocycles. The molecule has 0 radical (unpaired) electrons. The molecule has 2 heterocycles. The smallest absolute Gasteiger partial charge is 0.110 e. The average Bonchev–Trinajstić information content (AvgIpc) is 2.34. The Morgan fingerprint density at radius 3 is 2.58 bits per heavy atom. The first-order valence-electron chi connectivity index (χ1n) is 4.41. The molecule has 1 aliphatic rings. The molecule has 1 unspecified atom stereocenters. The van der Waals surface area contributed by atoms with Gasteiger partial charge in [0.15, 0.2) is 0 Å². The van der Waals surface area contributed by atoms with Crippen molar-refractivity contribution in [2.75, 3.05) is 6.54 Å². The summed E-state index contributed by atoms with van der Waals surface area (Å²) in [6, 6.07) is 4.12. The summed E-state index contributed by atoms with van der Waals surface area (Å²) in [4.78, 5) is 0. The average molecular weight is 165 g/mol. The van der Waals surface area contributed by atoms with E-state index in [9.17, 15) is 0 Å². The van der Waals surface area contributed by atoms with Crippen LogP contribution in [0, 0.1) is 6.92 Å². The quantitative estimate of drug-likeness (QED) is 0.689. The molecule has 0 aromatic carbocycles. The molecule has 2 nitrogen and oxygen atoms in total. The molecule has 12 heavy (non-hydrogen) atoms. The normalized spacial score (nSPS) is 26.8. The fourth-order valence-electron chi connectivity index (χ4n) is 1.71. The van der Waals surface area contributed by atoms with Crippen molar-refractivity contribution >= 4 is 0 Å². The first-order valence-corrected chi connectivity index (χ1v) is 4.41. The second kappa shape index (κ2) is 2.36. The zero-order chi connectivity index (χ0) is 8.77. The molecule has 2 heteroatoms. The van der Waals surface area contributed by atoms with Crippen LogP contribution in [0.4, 0.5) is 0 Å². The van der Waals surface area contributed by atoms with Crippen LogP contribution in [0.1, 0.15) is 31.3 Å². The van der Waals surface area contributed by atoms with Crippen LogP contribution < -0.4 is 5.32 Å². The SMILES string of the molecule is Cc1ccc(C2CNC2(C)C)o1. The summed E-state index contributed by atoms with van der Waals surface area (Å²) in [5.74, 6) is 2.68. The summed E-state index contributed by atoms with van der Waals surface area (Å²) in [6.07, 6.45) is 0. The fourth-order valence-corrected chi connectivity index (χ4v) is 1.71. The van der Waals surface area contributed by atoms with Crippen molar-refractivity contribution in [1.82, 2.24) is 5.32 Å². The van der Waals surface area contributed by atoms with E-state index in [1.54, 1.807) is 0 Å². The highest BCUT2D eigenvalue weighted by Gasteiger charge is 2.40. The lowest BCUT2D eigenvalue weighted by Crippen LogP contribution is -2.59. The Kier molecular flexibility index (Phi) is 1.55. The van der Waals surface area contributed by atoms with E-state index < -0.39 is 0 Å². The van der Waals surface area contributed by atoms with Crippen LogP contribution in [0.2, 0.25) is 0 Å². The number of furan rings is 1. The molecule has 1 fully saturated rings. The van der Waals surface area contributed by atoms with E-state index in [4.69, 9.17) is 4.42 Å². The zero-order valence-electron chi connectivity index (χ0n) is 7.85. The monoisotopic (exact) mass is 165 g/mol. The van der Waals surface area contributed by atoms with Crippen LogP contribution >= 0.6 is 0 Å².